The molecule has 3 fully saturated rings. The van der Waals surface area contributed by atoms with Gasteiger partial charge in [0.1, 0.15) is 23.5 Å². The molecule has 266 valence electrons. The van der Waals surface area contributed by atoms with Crippen molar-refractivity contribution in [1.82, 2.24) is 14.9 Å². The summed E-state index contributed by atoms with van der Waals surface area (Å²) in [6.07, 6.45) is 6.03. The molecule has 3 N–H and O–H groups in total. The topological polar surface area (TPSA) is 126 Å². The largest absolute Gasteiger partial charge is 0.453 e. The molecule has 2 bridgehead atoms. The van der Waals surface area contributed by atoms with Gasteiger partial charge in [-0.1, -0.05) is 13.0 Å². The van der Waals surface area contributed by atoms with Crippen LogP contribution in [0.15, 0.2) is 36.2 Å². The molecule has 0 spiro atoms. The van der Waals surface area contributed by atoms with Crippen LogP contribution in [0.3, 0.4) is 0 Å². The normalized spacial score (nSPS) is 32.7. The lowest BCUT2D eigenvalue weighted by Gasteiger charge is -2.47. The Labute approximate surface area is 280 Å². The Morgan fingerprint density at radius 1 is 1.17 bits per heavy atom. The maximum atomic E-state index is 15.6. The molecule has 2 unspecified atom stereocenters. The highest BCUT2D eigenvalue weighted by atomic mass is 32.2. The molecule has 5 rings (SSSR count). The van der Waals surface area contributed by atoms with E-state index >= 15 is 8.78 Å². The number of fused-ring (bicyclic) bond motifs is 2. The second kappa shape index (κ2) is 14.9. The van der Waals surface area contributed by atoms with Crippen LogP contribution in [0.5, 0.6) is 0 Å². The molecule has 3 heterocycles. The lowest BCUT2D eigenvalue weighted by molar-refractivity contribution is -0.124. The van der Waals surface area contributed by atoms with Crippen LogP contribution < -0.4 is 16.0 Å². The van der Waals surface area contributed by atoms with Crippen LogP contribution in [-0.4, -0.2) is 81.0 Å². The number of hydrogen-bond donors (Lipinski definition) is 3. The number of carbonyl (C=O) groups excluding carboxylic acids is 2. The first-order chi connectivity index (χ1) is 22.7. The van der Waals surface area contributed by atoms with Gasteiger partial charge in [-0.15, -0.1) is 0 Å². The summed E-state index contributed by atoms with van der Waals surface area (Å²) in [4.78, 5) is 27.1. The highest BCUT2D eigenvalue weighted by Crippen LogP contribution is 2.47. The number of alkyl carbamates (subject to hydrolysis) is 1. The van der Waals surface area contributed by atoms with Gasteiger partial charge in [-0.05, 0) is 94.4 Å². The number of rotatable bonds is 9. The Morgan fingerprint density at radius 3 is 2.54 bits per heavy atom. The van der Waals surface area contributed by atoms with Crippen LogP contribution in [0.25, 0.3) is 0 Å². The van der Waals surface area contributed by atoms with Gasteiger partial charge >= 0.3 is 6.09 Å². The number of piperazine rings is 1. The number of carbonyl (C=O) groups is 2. The number of benzene rings is 1. The molecule has 1 aromatic carbocycles. The summed E-state index contributed by atoms with van der Waals surface area (Å²) in [6.45, 7) is 6.43. The molecule has 0 radical (unpaired) electrons. The van der Waals surface area contributed by atoms with Gasteiger partial charge in [0, 0.05) is 36.7 Å². The van der Waals surface area contributed by atoms with E-state index in [0.717, 1.165) is 25.7 Å². The maximum Gasteiger partial charge on any atom is 0.407 e. The summed E-state index contributed by atoms with van der Waals surface area (Å²) in [6, 6.07) is 0.173. The van der Waals surface area contributed by atoms with Crippen molar-refractivity contribution in [3.63, 3.8) is 0 Å². The molecule has 3 saturated heterocycles. The third kappa shape index (κ3) is 8.09. The Kier molecular flexibility index (Phi) is 11.3. The van der Waals surface area contributed by atoms with E-state index in [0.29, 0.717) is 32.4 Å². The van der Waals surface area contributed by atoms with Crippen molar-refractivity contribution >= 4 is 27.7 Å². The van der Waals surface area contributed by atoms with Gasteiger partial charge in [0.2, 0.25) is 15.9 Å². The van der Waals surface area contributed by atoms with Gasteiger partial charge in [-0.25, -0.2) is 26.4 Å². The number of amides is 2. The fraction of sp³-hybridized carbons (Fsp3) is 0.647. The van der Waals surface area contributed by atoms with Crippen molar-refractivity contribution < 1.29 is 40.7 Å². The molecule has 2 amide bonds. The van der Waals surface area contributed by atoms with Gasteiger partial charge in [-0.2, -0.15) is 4.31 Å². The van der Waals surface area contributed by atoms with Crippen LogP contribution in [0.4, 0.5) is 23.7 Å². The number of ether oxygens (including phenoxy) is 2. The first-order valence-corrected chi connectivity index (χ1v) is 18.4. The average molecular weight is 697 g/mol. The number of anilines is 1. The first-order valence-electron chi connectivity index (χ1n) is 16.8. The van der Waals surface area contributed by atoms with Crippen molar-refractivity contribution in [1.29, 1.82) is 0 Å². The molecule has 14 heteroatoms. The van der Waals surface area contributed by atoms with E-state index in [1.54, 1.807) is 6.08 Å². The van der Waals surface area contributed by atoms with Gasteiger partial charge in [0.15, 0.2) is 0 Å². The maximum absolute atomic E-state index is 15.6. The molecule has 0 aromatic heterocycles. The van der Waals surface area contributed by atoms with E-state index in [-0.39, 0.29) is 60.4 Å². The summed E-state index contributed by atoms with van der Waals surface area (Å²) in [7, 11) is -2.34. The number of allylic oxidation sites excluding steroid dienone is 4. The number of methoxy groups -OCH3 is 1. The molecule has 9 atom stereocenters. The predicted octanol–water partition coefficient (Wildman–Crippen LogP) is 4.97. The first kappa shape index (κ1) is 36.3. The van der Waals surface area contributed by atoms with Crippen molar-refractivity contribution in [3.8, 4) is 0 Å². The van der Waals surface area contributed by atoms with E-state index in [2.05, 4.69) is 16.0 Å². The van der Waals surface area contributed by atoms with E-state index in [9.17, 15) is 22.4 Å². The van der Waals surface area contributed by atoms with Crippen LogP contribution in [0.2, 0.25) is 0 Å². The van der Waals surface area contributed by atoms with Gasteiger partial charge in [0.25, 0.3) is 0 Å². The molecular formula is C34H47F3N4O6S. The molecule has 0 saturated carbocycles. The second-order valence-electron chi connectivity index (χ2n) is 14.0. The minimum atomic E-state index is -3.50. The molecule has 48 heavy (non-hydrogen) atoms. The number of halogens is 3. The van der Waals surface area contributed by atoms with Gasteiger partial charge in [0.05, 0.1) is 30.8 Å². The number of sulfonamides is 1. The number of nitrogens with one attached hydrogen (secondary N) is 3. The Hall–Kier alpha value is -2.94. The standard InChI is InChI=1S/C34H47F3N4O6S/c1-20-16-22(17-21(2)47-20)29(34(3)13-11-23(35)12-14-34)31(40-33(43)46-4)32(42)39-30-26(27(36)9-10-28(30)37)8-7-25-18-38-24-6-5-15-48(44,45)41(25)19-24/h9-13,20-22,24-25,29,31,38H,5-8,14-19H2,1-4H3,(H,39,42)(H,40,43)/t20-,21+,22+,24-,25+,29+,31+,34?/m1/s1. The third-order valence-corrected chi connectivity index (χ3v) is 12.4. The zero-order valence-corrected chi connectivity index (χ0v) is 28.8. The quantitative estimate of drug-likeness (QED) is 0.333. The van der Waals surface area contributed by atoms with Gasteiger partial charge < -0.3 is 25.4 Å². The summed E-state index contributed by atoms with van der Waals surface area (Å²) in [5.74, 6) is -3.60. The lowest BCUT2D eigenvalue weighted by atomic mass is 9.61. The van der Waals surface area contributed by atoms with E-state index in [4.69, 9.17) is 9.47 Å². The van der Waals surface area contributed by atoms with E-state index < -0.39 is 62.9 Å². The van der Waals surface area contributed by atoms with E-state index in [1.807, 2.05) is 20.8 Å². The van der Waals surface area contributed by atoms with Crippen LogP contribution in [0.1, 0.15) is 64.9 Å². The summed E-state index contributed by atoms with van der Waals surface area (Å²) < 4.78 is 83.6. The van der Waals surface area contributed by atoms with Crippen molar-refractivity contribution in [2.45, 2.75) is 96.1 Å². The third-order valence-electron chi connectivity index (χ3n) is 10.4. The SMILES string of the molecule is COC(=O)N[C@H](C(=O)Nc1c(F)ccc(F)c1CC[C@H]1CN[C@@H]2CCCS(=O)(=O)N1C2)[C@H]([C@H]1C[C@@H](C)O[C@@H](C)C1)C1(C)C=CC(F)=CC1. The molecule has 1 aliphatic carbocycles. The number of hydrogen-bond acceptors (Lipinski definition) is 7. The van der Waals surface area contributed by atoms with E-state index in [1.165, 1.54) is 16.5 Å². The Morgan fingerprint density at radius 2 is 1.88 bits per heavy atom. The molecule has 3 aliphatic heterocycles. The van der Waals surface area contributed by atoms with Crippen molar-refractivity contribution in [2.75, 3.05) is 31.3 Å². The summed E-state index contributed by atoms with van der Waals surface area (Å²) >= 11 is 0. The van der Waals surface area contributed by atoms with Crippen molar-refractivity contribution in [3.05, 3.63) is 53.4 Å². The molecular weight excluding hydrogens is 649 g/mol. The van der Waals surface area contributed by atoms with Crippen LogP contribution in [0, 0.1) is 28.9 Å². The molecule has 4 aliphatic rings. The zero-order chi connectivity index (χ0) is 34.8. The van der Waals surface area contributed by atoms with Crippen molar-refractivity contribution in [2.24, 2.45) is 17.3 Å². The smallest absolute Gasteiger partial charge is 0.407 e. The zero-order valence-electron chi connectivity index (χ0n) is 27.9. The lowest BCUT2D eigenvalue weighted by Crippen LogP contribution is -2.57. The van der Waals surface area contributed by atoms with Gasteiger partial charge in [-0.3, -0.25) is 4.79 Å². The second-order valence-corrected chi connectivity index (χ2v) is 16.0. The molecule has 1 aromatic rings. The highest BCUT2D eigenvalue weighted by Gasteiger charge is 2.48. The highest BCUT2D eigenvalue weighted by molar-refractivity contribution is 7.89. The fourth-order valence-corrected chi connectivity index (χ4v) is 9.95. The average Bonchev–Trinajstić information content (AvgIpc) is 3.14. The minimum absolute atomic E-state index is 0.0360. The Balaban J connectivity index is 1.46. The van der Waals surface area contributed by atoms with Crippen LogP contribution in [-0.2, 0) is 30.7 Å². The Bertz CT molecular complexity index is 1530. The fourth-order valence-electron chi connectivity index (χ4n) is 8.15. The summed E-state index contributed by atoms with van der Waals surface area (Å²) in [5, 5.41) is 8.64. The predicted molar refractivity (Wildman–Crippen MR) is 175 cm³/mol. The molecule has 10 nitrogen and oxygen atoms in total. The number of nitrogens with zero attached hydrogens (tertiary/aromatic N) is 1. The van der Waals surface area contributed by atoms with Crippen LogP contribution >= 0.6 is 0 Å². The minimum Gasteiger partial charge on any atom is -0.453 e. The monoisotopic (exact) mass is 696 g/mol. The summed E-state index contributed by atoms with van der Waals surface area (Å²) in [5.41, 5.74) is -1.29.